The van der Waals surface area contributed by atoms with Crippen LogP contribution in [0.15, 0.2) is 0 Å². The first kappa shape index (κ1) is 16.9. The molecule has 3 nitrogen and oxygen atoms in total. The molecule has 3 atom stereocenters. The number of rotatable bonds is 9. The Morgan fingerprint density at radius 1 is 1.26 bits per heavy atom. The third kappa shape index (κ3) is 5.80. The molecular formula is C16H34N2O. The van der Waals surface area contributed by atoms with Crippen LogP contribution in [0.4, 0.5) is 0 Å². The van der Waals surface area contributed by atoms with E-state index in [1.54, 1.807) is 7.11 Å². The fourth-order valence-electron chi connectivity index (χ4n) is 3.22. The third-order valence-electron chi connectivity index (χ3n) is 4.64. The van der Waals surface area contributed by atoms with Crippen molar-refractivity contribution >= 4 is 0 Å². The lowest BCUT2D eigenvalue weighted by molar-refractivity contribution is 0.0925. The molecule has 0 aromatic carbocycles. The highest BCUT2D eigenvalue weighted by molar-refractivity contribution is 4.84. The molecule has 1 N–H and O–H groups in total. The Hall–Kier alpha value is -0.120. The van der Waals surface area contributed by atoms with Crippen LogP contribution in [0.1, 0.15) is 52.9 Å². The SMILES string of the molecule is CCNC1CCCCC1CN(CCOC)C(C)CC. The van der Waals surface area contributed by atoms with Gasteiger partial charge in [-0.05, 0) is 38.6 Å². The summed E-state index contributed by atoms with van der Waals surface area (Å²) >= 11 is 0. The maximum absolute atomic E-state index is 5.27. The van der Waals surface area contributed by atoms with Gasteiger partial charge in [0.05, 0.1) is 6.61 Å². The first-order chi connectivity index (χ1) is 9.22. The van der Waals surface area contributed by atoms with E-state index in [0.29, 0.717) is 6.04 Å². The van der Waals surface area contributed by atoms with Crippen molar-refractivity contribution in [2.24, 2.45) is 5.92 Å². The van der Waals surface area contributed by atoms with E-state index >= 15 is 0 Å². The molecule has 1 aliphatic carbocycles. The summed E-state index contributed by atoms with van der Waals surface area (Å²) in [4.78, 5) is 2.63. The molecule has 19 heavy (non-hydrogen) atoms. The Bertz CT molecular complexity index is 221. The third-order valence-corrected chi connectivity index (χ3v) is 4.64. The average molecular weight is 270 g/mol. The molecule has 0 aromatic heterocycles. The van der Waals surface area contributed by atoms with Gasteiger partial charge in [0.1, 0.15) is 0 Å². The van der Waals surface area contributed by atoms with Gasteiger partial charge in [-0.3, -0.25) is 4.90 Å². The molecule has 114 valence electrons. The highest BCUT2D eigenvalue weighted by Crippen LogP contribution is 2.26. The summed E-state index contributed by atoms with van der Waals surface area (Å²) in [7, 11) is 1.80. The maximum Gasteiger partial charge on any atom is 0.0589 e. The predicted molar refractivity (Wildman–Crippen MR) is 82.6 cm³/mol. The van der Waals surface area contributed by atoms with Crippen molar-refractivity contribution in [3.63, 3.8) is 0 Å². The Labute approximate surface area is 120 Å². The molecule has 3 unspecified atom stereocenters. The van der Waals surface area contributed by atoms with Crippen LogP contribution in [0.5, 0.6) is 0 Å². The topological polar surface area (TPSA) is 24.5 Å². The largest absolute Gasteiger partial charge is 0.383 e. The van der Waals surface area contributed by atoms with Crippen molar-refractivity contribution < 1.29 is 4.74 Å². The molecule has 0 saturated heterocycles. The van der Waals surface area contributed by atoms with E-state index in [2.05, 4.69) is 31.0 Å². The summed E-state index contributed by atoms with van der Waals surface area (Å²) < 4.78 is 5.27. The Balaban J connectivity index is 2.53. The first-order valence-electron chi connectivity index (χ1n) is 8.19. The van der Waals surface area contributed by atoms with Crippen LogP contribution in [0, 0.1) is 5.92 Å². The van der Waals surface area contributed by atoms with Gasteiger partial charge in [0.2, 0.25) is 0 Å². The predicted octanol–water partition coefficient (Wildman–Crippen LogP) is 2.90. The maximum atomic E-state index is 5.27. The van der Waals surface area contributed by atoms with E-state index in [4.69, 9.17) is 4.74 Å². The summed E-state index contributed by atoms with van der Waals surface area (Å²) in [5.41, 5.74) is 0. The zero-order chi connectivity index (χ0) is 14.1. The summed E-state index contributed by atoms with van der Waals surface area (Å²) in [5, 5.41) is 3.70. The fraction of sp³-hybridized carbons (Fsp3) is 1.00. The van der Waals surface area contributed by atoms with Crippen LogP contribution in [0.2, 0.25) is 0 Å². The summed E-state index contributed by atoms with van der Waals surface area (Å²) in [5.74, 6) is 0.819. The van der Waals surface area contributed by atoms with Crippen molar-refractivity contribution in [2.45, 2.75) is 65.0 Å². The lowest BCUT2D eigenvalue weighted by Crippen LogP contribution is -2.47. The molecule has 0 heterocycles. The second kappa shape index (κ2) is 9.73. The zero-order valence-corrected chi connectivity index (χ0v) is 13.5. The Morgan fingerprint density at radius 2 is 2.00 bits per heavy atom. The van der Waals surface area contributed by atoms with Crippen LogP contribution in [0.3, 0.4) is 0 Å². The molecule has 3 heteroatoms. The monoisotopic (exact) mass is 270 g/mol. The highest BCUT2D eigenvalue weighted by atomic mass is 16.5. The molecule has 0 spiro atoms. The number of nitrogens with one attached hydrogen (secondary N) is 1. The van der Waals surface area contributed by atoms with Gasteiger partial charge in [-0.25, -0.2) is 0 Å². The standard InChI is InChI=1S/C16H34N2O/c1-5-14(3)18(11-12-19-4)13-15-9-7-8-10-16(15)17-6-2/h14-17H,5-13H2,1-4H3. The van der Waals surface area contributed by atoms with Crippen LogP contribution < -0.4 is 5.32 Å². The van der Waals surface area contributed by atoms with Crippen LogP contribution in [-0.4, -0.2) is 50.3 Å². The molecule has 1 fully saturated rings. The van der Waals surface area contributed by atoms with Gasteiger partial charge in [-0.15, -0.1) is 0 Å². The molecule has 1 aliphatic rings. The van der Waals surface area contributed by atoms with E-state index in [0.717, 1.165) is 31.7 Å². The summed E-state index contributed by atoms with van der Waals surface area (Å²) in [6, 6.07) is 1.40. The van der Waals surface area contributed by atoms with E-state index in [9.17, 15) is 0 Å². The van der Waals surface area contributed by atoms with Crippen molar-refractivity contribution in [3.8, 4) is 0 Å². The summed E-state index contributed by atoms with van der Waals surface area (Å²) in [6.07, 6.45) is 6.78. The minimum Gasteiger partial charge on any atom is -0.383 e. The number of ether oxygens (including phenoxy) is 1. The molecule has 0 radical (unpaired) electrons. The normalized spacial score (nSPS) is 25.7. The second-order valence-corrected chi connectivity index (χ2v) is 5.95. The number of methoxy groups -OCH3 is 1. The molecule has 1 rings (SSSR count). The van der Waals surface area contributed by atoms with Gasteiger partial charge in [-0.2, -0.15) is 0 Å². The number of nitrogens with zero attached hydrogens (tertiary/aromatic N) is 1. The second-order valence-electron chi connectivity index (χ2n) is 5.95. The first-order valence-corrected chi connectivity index (χ1v) is 8.19. The smallest absolute Gasteiger partial charge is 0.0589 e. The van der Waals surface area contributed by atoms with Gasteiger partial charge < -0.3 is 10.1 Å². The minimum absolute atomic E-state index is 0.666. The van der Waals surface area contributed by atoms with Crippen molar-refractivity contribution in [1.29, 1.82) is 0 Å². The quantitative estimate of drug-likeness (QED) is 0.697. The number of hydrogen-bond acceptors (Lipinski definition) is 3. The van der Waals surface area contributed by atoms with E-state index in [-0.39, 0.29) is 0 Å². The Morgan fingerprint density at radius 3 is 2.63 bits per heavy atom. The van der Waals surface area contributed by atoms with Crippen LogP contribution in [-0.2, 0) is 4.74 Å². The highest BCUT2D eigenvalue weighted by Gasteiger charge is 2.27. The van der Waals surface area contributed by atoms with Gasteiger partial charge in [0, 0.05) is 32.3 Å². The van der Waals surface area contributed by atoms with E-state index in [1.165, 1.54) is 38.6 Å². The van der Waals surface area contributed by atoms with Crippen LogP contribution in [0.25, 0.3) is 0 Å². The molecule has 0 aliphatic heterocycles. The average Bonchev–Trinajstić information content (AvgIpc) is 2.44. The van der Waals surface area contributed by atoms with E-state index in [1.807, 2.05) is 0 Å². The van der Waals surface area contributed by atoms with E-state index < -0.39 is 0 Å². The van der Waals surface area contributed by atoms with Gasteiger partial charge in [0.15, 0.2) is 0 Å². The van der Waals surface area contributed by atoms with Gasteiger partial charge in [-0.1, -0.05) is 26.7 Å². The zero-order valence-electron chi connectivity index (χ0n) is 13.5. The van der Waals surface area contributed by atoms with Crippen molar-refractivity contribution in [2.75, 3.05) is 33.4 Å². The van der Waals surface area contributed by atoms with Crippen LogP contribution >= 0.6 is 0 Å². The molecule has 1 saturated carbocycles. The van der Waals surface area contributed by atoms with Gasteiger partial charge >= 0.3 is 0 Å². The number of hydrogen-bond donors (Lipinski definition) is 1. The Kier molecular flexibility index (Phi) is 8.67. The van der Waals surface area contributed by atoms with Crippen molar-refractivity contribution in [1.82, 2.24) is 10.2 Å². The molecular weight excluding hydrogens is 236 g/mol. The molecule has 0 aromatic rings. The lowest BCUT2D eigenvalue weighted by Gasteiger charge is -2.38. The lowest BCUT2D eigenvalue weighted by atomic mass is 9.83. The molecule has 0 bridgehead atoms. The summed E-state index contributed by atoms with van der Waals surface area (Å²) in [6.45, 7) is 11.1. The molecule has 0 amide bonds. The fourth-order valence-corrected chi connectivity index (χ4v) is 3.22. The minimum atomic E-state index is 0.666. The van der Waals surface area contributed by atoms with Gasteiger partial charge in [0.25, 0.3) is 0 Å². The van der Waals surface area contributed by atoms with Crippen molar-refractivity contribution in [3.05, 3.63) is 0 Å².